The van der Waals surface area contributed by atoms with Crippen molar-refractivity contribution >= 4 is 18.0 Å². The molecule has 1 unspecified atom stereocenters. The summed E-state index contributed by atoms with van der Waals surface area (Å²) in [5, 5.41) is 0. The van der Waals surface area contributed by atoms with E-state index in [0.717, 1.165) is 30.8 Å². The van der Waals surface area contributed by atoms with Crippen LogP contribution in [0.15, 0.2) is 0 Å². The number of aldehydes is 1. The number of hydrogen-bond donors (Lipinski definition) is 1. The van der Waals surface area contributed by atoms with E-state index in [9.17, 15) is 4.79 Å². The van der Waals surface area contributed by atoms with Gasteiger partial charge >= 0.3 is 0 Å². The molecule has 1 atom stereocenters. The van der Waals surface area contributed by atoms with Crippen LogP contribution >= 0.6 is 11.8 Å². The molecule has 0 aliphatic heterocycles. The number of carbonyl (C=O) groups excluding carboxylic acids is 1. The van der Waals surface area contributed by atoms with E-state index in [1.807, 2.05) is 18.7 Å². The van der Waals surface area contributed by atoms with Crippen LogP contribution in [0.25, 0.3) is 0 Å². The monoisotopic (exact) mass is 161 g/mol. The first-order valence-corrected chi connectivity index (χ1v) is 4.69. The lowest BCUT2D eigenvalue weighted by atomic mass is 10.1. The molecule has 0 amide bonds. The zero-order chi connectivity index (χ0) is 7.82. The molecule has 0 radical (unpaired) electrons. The summed E-state index contributed by atoms with van der Waals surface area (Å²) in [6.07, 6.45) is 1.98. The summed E-state index contributed by atoms with van der Waals surface area (Å²) in [5.74, 6) is 2.27. The smallest absolute Gasteiger partial charge is 0.122 e. The molecule has 60 valence electrons. The predicted molar refractivity (Wildman–Crippen MR) is 46.2 cm³/mol. The van der Waals surface area contributed by atoms with Crippen molar-refractivity contribution in [1.29, 1.82) is 0 Å². The second-order valence-electron chi connectivity index (χ2n) is 2.30. The second-order valence-corrected chi connectivity index (χ2v) is 3.53. The van der Waals surface area contributed by atoms with E-state index in [1.165, 1.54) is 0 Å². The summed E-state index contributed by atoms with van der Waals surface area (Å²) in [5.41, 5.74) is 5.29. The third-order valence-electron chi connectivity index (χ3n) is 1.21. The molecular weight excluding hydrogens is 146 g/mol. The lowest BCUT2D eigenvalue weighted by molar-refractivity contribution is -0.110. The van der Waals surface area contributed by atoms with Crippen LogP contribution in [-0.2, 0) is 4.79 Å². The maximum absolute atomic E-state index is 10.1. The molecule has 0 aromatic carbocycles. The van der Waals surface area contributed by atoms with Gasteiger partial charge in [0.2, 0.25) is 0 Å². The SMILES string of the molecule is CC(C=O)CCSCCN. The lowest BCUT2D eigenvalue weighted by Crippen LogP contribution is -2.03. The fourth-order valence-corrected chi connectivity index (χ4v) is 1.43. The first kappa shape index (κ1) is 9.98. The fourth-order valence-electron chi connectivity index (χ4n) is 0.523. The molecule has 0 fully saturated rings. The Kier molecular flexibility index (Phi) is 7.08. The normalized spacial score (nSPS) is 13.0. The van der Waals surface area contributed by atoms with Gasteiger partial charge in [0.25, 0.3) is 0 Å². The summed E-state index contributed by atoms with van der Waals surface area (Å²) < 4.78 is 0. The van der Waals surface area contributed by atoms with Crippen LogP contribution in [0, 0.1) is 5.92 Å². The van der Waals surface area contributed by atoms with Gasteiger partial charge in [-0.15, -0.1) is 0 Å². The van der Waals surface area contributed by atoms with E-state index in [-0.39, 0.29) is 5.92 Å². The second kappa shape index (κ2) is 7.09. The Bertz CT molecular complexity index is 87.7. The minimum Gasteiger partial charge on any atom is -0.330 e. The Morgan fingerprint density at radius 3 is 2.80 bits per heavy atom. The Balaban J connectivity index is 2.95. The average molecular weight is 161 g/mol. The van der Waals surface area contributed by atoms with Gasteiger partial charge in [-0.25, -0.2) is 0 Å². The Hall–Kier alpha value is -0.0200. The largest absolute Gasteiger partial charge is 0.330 e. The number of thioether (sulfide) groups is 1. The van der Waals surface area contributed by atoms with Crippen molar-refractivity contribution in [2.24, 2.45) is 11.7 Å². The topological polar surface area (TPSA) is 43.1 Å². The minimum absolute atomic E-state index is 0.213. The zero-order valence-corrected chi connectivity index (χ0v) is 7.19. The van der Waals surface area contributed by atoms with Gasteiger partial charge < -0.3 is 10.5 Å². The molecule has 0 aliphatic rings. The van der Waals surface area contributed by atoms with Crippen molar-refractivity contribution in [3.8, 4) is 0 Å². The molecule has 0 saturated carbocycles. The molecule has 2 N–H and O–H groups in total. The van der Waals surface area contributed by atoms with Gasteiger partial charge in [-0.3, -0.25) is 0 Å². The summed E-state index contributed by atoms with van der Waals surface area (Å²) in [6.45, 7) is 2.68. The molecule has 10 heavy (non-hydrogen) atoms. The minimum atomic E-state index is 0.213. The predicted octanol–water partition coefficient (Wildman–Crippen LogP) is 0.903. The Labute approximate surface area is 66.6 Å². The van der Waals surface area contributed by atoms with E-state index in [2.05, 4.69) is 0 Å². The first-order valence-electron chi connectivity index (χ1n) is 3.54. The summed E-state index contributed by atoms with van der Waals surface area (Å²) >= 11 is 1.81. The maximum Gasteiger partial charge on any atom is 0.122 e. The summed E-state index contributed by atoms with van der Waals surface area (Å²) in [7, 11) is 0. The Morgan fingerprint density at radius 1 is 1.60 bits per heavy atom. The lowest BCUT2D eigenvalue weighted by Gasteiger charge is -2.01. The van der Waals surface area contributed by atoms with Crippen LogP contribution < -0.4 is 5.73 Å². The molecule has 0 saturated heterocycles. The Morgan fingerprint density at radius 2 is 2.30 bits per heavy atom. The van der Waals surface area contributed by atoms with Crippen LogP contribution in [0.3, 0.4) is 0 Å². The molecule has 0 heterocycles. The number of carbonyl (C=O) groups is 1. The van der Waals surface area contributed by atoms with Gasteiger partial charge in [0.1, 0.15) is 6.29 Å². The van der Waals surface area contributed by atoms with Gasteiger partial charge in [0, 0.05) is 18.2 Å². The van der Waals surface area contributed by atoms with Crippen molar-refractivity contribution in [3.63, 3.8) is 0 Å². The van der Waals surface area contributed by atoms with E-state index in [0.29, 0.717) is 0 Å². The standard InChI is InChI=1S/C7H15NOS/c1-7(6-9)2-4-10-5-3-8/h6-7H,2-5,8H2,1H3. The van der Waals surface area contributed by atoms with Crippen molar-refractivity contribution in [1.82, 2.24) is 0 Å². The molecule has 0 spiro atoms. The van der Waals surface area contributed by atoms with Gasteiger partial charge in [-0.1, -0.05) is 6.92 Å². The molecule has 0 aromatic heterocycles. The van der Waals surface area contributed by atoms with E-state index in [4.69, 9.17) is 5.73 Å². The summed E-state index contributed by atoms with van der Waals surface area (Å²) in [6, 6.07) is 0. The highest BCUT2D eigenvalue weighted by Gasteiger charge is 1.97. The quantitative estimate of drug-likeness (QED) is 0.465. The molecule has 0 bridgehead atoms. The van der Waals surface area contributed by atoms with Crippen molar-refractivity contribution in [2.45, 2.75) is 13.3 Å². The van der Waals surface area contributed by atoms with Crippen molar-refractivity contribution in [2.75, 3.05) is 18.1 Å². The number of hydrogen-bond acceptors (Lipinski definition) is 3. The average Bonchev–Trinajstić information content (AvgIpc) is 1.98. The van der Waals surface area contributed by atoms with Gasteiger partial charge in [0.05, 0.1) is 0 Å². The third-order valence-corrected chi connectivity index (χ3v) is 2.26. The van der Waals surface area contributed by atoms with E-state index in [1.54, 1.807) is 0 Å². The molecule has 0 rings (SSSR count). The fraction of sp³-hybridized carbons (Fsp3) is 0.857. The van der Waals surface area contributed by atoms with Gasteiger partial charge in [-0.05, 0) is 12.2 Å². The molecule has 3 heteroatoms. The van der Waals surface area contributed by atoms with Crippen LogP contribution in [0.2, 0.25) is 0 Å². The van der Waals surface area contributed by atoms with Crippen molar-refractivity contribution < 1.29 is 4.79 Å². The molecular formula is C7H15NOS. The number of nitrogens with two attached hydrogens (primary N) is 1. The third kappa shape index (κ3) is 6.11. The molecule has 2 nitrogen and oxygen atoms in total. The van der Waals surface area contributed by atoms with E-state index < -0.39 is 0 Å². The first-order chi connectivity index (χ1) is 4.81. The zero-order valence-electron chi connectivity index (χ0n) is 6.38. The highest BCUT2D eigenvalue weighted by Crippen LogP contribution is 2.06. The van der Waals surface area contributed by atoms with Crippen LogP contribution in [-0.4, -0.2) is 24.3 Å². The van der Waals surface area contributed by atoms with Crippen molar-refractivity contribution in [3.05, 3.63) is 0 Å². The molecule has 0 aromatic rings. The van der Waals surface area contributed by atoms with Crippen LogP contribution in [0.1, 0.15) is 13.3 Å². The summed E-state index contributed by atoms with van der Waals surface area (Å²) in [4.78, 5) is 10.1. The highest BCUT2D eigenvalue weighted by molar-refractivity contribution is 7.99. The van der Waals surface area contributed by atoms with Crippen LogP contribution in [0.5, 0.6) is 0 Å². The van der Waals surface area contributed by atoms with Gasteiger partial charge in [-0.2, -0.15) is 11.8 Å². The maximum atomic E-state index is 10.1. The highest BCUT2D eigenvalue weighted by atomic mass is 32.2. The van der Waals surface area contributed by atoms with Gasteiger partial charge in [0.15, 0.2) is 0 Å². The van der Waals surface area contributed by atoms with E-state index >= 15 is 0 Å². The number of rotatable bonds is 6. The van der Waals surface area contributed by atoms with Crippen LogP contribution in [0.4, 0.5) is 0 Å². The molecule has 0 aliphatic carbocycles.